The normalized spacial score (nSPS) is 23.9. The lowest BCUT2D eigenvalue weighted by molar-refractivity contribution is 0.353. The Labute approximate surface area is 118 Å². The molecule has 1 aliphatic rings. The van der Waals surface area contributed by atoms with Crippen LogP contribution in [0.1, 0.15) is 39.0 Å². The lowest BCUT2D eigenvalue weighted by Gasteiger charge is -2.32. The zero-order valence-corrected chi connectivity index (χ0v) is 12.4. The van der Waals surface area contributed by atoms with Gasteiger partial charge in [-0.1, -0.05) is 37.5 Å². The summed E-state index contributed by atoms with van der Waals surface area (Å²) in [6, 6.07) is 11.5. The van der Waals surface area contributed by atoms with E-state index in [-0.39, 0.29) is 0 Å². The maximum Gasteiger partial charge on any atom is 0.0366 e. The standard InChI is InChI=1S/C17H28N2/c1-3-19(16-11-7-5-8-12-16)14-15-10-6-4-9-13-17(15)18-2/h5,7-8,11-12,15,17-18H,3-4,6,9-10,13-14H2,1-2H3. The zero-order chi connectivity index (χ0) is 13.5. The van der Waals surface area contributed by atoms with Gasteiger partial charge in [0.1, 0.15) is 0 Å². The van der Waals surface area contributed by atoms with E-state index in [1.807, 2.05) is 0 Å². The Balaban J connectivity index is 2.03. The molecule has 2 atom stereocenters. The second kappa shape index (κ2) is 7.54. The van der Waals surface area contributed by atoms with Gasteiger partial charge in [0.15, 0.2) is 0 Å². The first-order chi connectivity index (χ1) is 9.35. The molecule has 0 amide bonds. The molecule has 0 aromatic heterocycles. The molecule has 1 saturated carbocycles. The van der Waals surface area contributed by atoms with Crippen molar-refractivity contribution in [1.29, 1.82) is 0 Å². The fraction of sp³-hybridized carbons (Fsp3) is 0.647. The number of hydrogen-bond donors (Lipinski definition) is 1. The quantitative estimate of drug-likeness (QED) is 0.812. The van der Waals surface area contributed by atoms with Crippen LogP contribution in [0.3, 0.4) is 0 Å². The first-order valence-corrected chi connectivity index (χ1v) is 7.82. The van der Waals surface area contributed by atoms with Crippen molar-refractivity contribution < 1.29 is 0 Å². The van der Waals surface area contributed by atoms with E-state index in [2.05, 4.69) is 54.5 Å². The van der Waals surface area contributed by atoms with Gasteiger partial charge in [0.2, 0.25) is 0 Å². The lowest BCUT2D eigenvalue weighted by atomic mass is 9.94. The van der Waals surface area contributed by atoms with Crippen LogP contribution in [0.25, 0.3) is 0 Å². The van der Waals surface area contributed by atoms with Gasteiger partial charge in [-0.2, -0.15) is 0 Å². The second-order valence-corrected chi connectivity index (χ2v) is 5.67. The maximum atomic E-state index is 3.55. The van der Waals surface area contributed by atoms with Crippen molar-refractivity contribution in [2.45, 2.75) is 45.1 Å². The van der Waals surface area contributed by atoms with Crippen molar-refractivity contribution in [2.75, 3.05) is 25.0 Å². The zero-order valence-electron chi connectivity index (χ0n) is 12.4. The molecule has 2 rings (SSSR count). The first-order valence-electron chi connectivity index (χ1n) is 7.82. The Kier molecular flexibility index (Phi) is 5.71. The molecular weight excluding hydrogens is 232 g/mol. The van der Waals surface area contributed by atoms with Crippen LogP contribution in [0.15, 0.2) is 30.3 Å². The highest BCUT2D eigenvalue weighted by atomic mass is 15.1. The summed E-state index contributed by atoms with van der Waals surface area (Å²) in [5, 5.41) is 3.55. The summed E-state index contributed by atoms with van der Waals surface area (Å²) in [6.07, 6.45) is 6.91. The molecule has 2 nitrogen and oxygen atoms in total. The molecule has 1 aromatic rings. The molecule has 0 radical (unpaired) electrons. The van der Waals surface area contributed by atoms with Crippen LogP contribution in [0, 0.1) is 5.92 Å². The summed E-state index contributed by atoms with van der Waals surface area (Å²) < 4.78 is 0. The van der Waals surface area contributed by atoms with E-state index in [0.29, 0.717) is 6.04 Å². The third-order valence-corrected chi connectivity index (χ3v) is 4.49. The predicted octanol–water partition coefficient (Wildman–Crippen LogP) is 3.68. The second-order valence-electron chi connectivity index (χ2n) is 5.67. The van der Waals surface area contributed by atoms with Gasteiger partial charge in [-0.3, -0.25) is 0 Å². The number of rotatable bonds is 5. The van der Waals surface area contributed by atoms with Crippen molar-refractivity contribution in [3.8, 4) is 0 Å². The van der Waals surface area contributed by atoms with E-state index >= 15 is 0 Å². The first kappa shape index (κ1) is 14.4. The molecule has 1 aromatic carbocycles. The fourth-order valence-corrected chi connectivity index (χ4v) is 3.32. The van der Waals surface area contributed by atoms with Gasteiger partial charge >= 0.3 is 0 Å². The molecule has 19 heavy (non-hydrogen) atoms. The lowest BCUT2D eigenvalue weighted by Crippen LogP contribution is -2.40. The topological polar surface area (TPSA) is 15.3 Å². The summed E-state index contributed by atoms with van der Waals surface area (Å²) in [5.41, 5.74) is 1.36. The molecule has 2 unspecified atom stereocenters. The van der Waals surface area contributed by atoms with E-state index in [0.717, 1.165) is 12.5 Å². The highest BCUT2D eigenvalue weighted by Gasteiger charge is 2.24. The van der Waals surface area contributed by atoms with Gasteiger partial charge in [0, 0.05) is 24.8 Å². The van der Waals surface area contributed by atoms with Gasteiger partial charge in [0.05, 0.1) is 0 Å². The van der Waals surface area contributed by atoms with Crippen LogP contribution in [-0.2, 0) is 0 Å². The molecule has 0 bridgehead atoms. The van der Waals surface area contributed by atoms with E-state index in [9.17, 15) is 0 Å². The molecule has 2 heteroatoms. The van der Waals surface area contributed by atoms with Crippen molar-refractivity contribution >= 4 is 5.69 Å². The van der Waals surface area contributed by atoms with E-state index in [1.165, 1.54) is 44.3 Å². The molecule has 1 fully saturated rings. The Morgan fingerprint density at radius 2 is 1.84 bits per heavy atom. The van der Waals surface area contributed by atoms with Gasteiger partial charge in [-0.05, 0) is 44.9 Å². The van der Waals surface area contributed by atoms with Crippen LogP contribution < -0.4 is 10.2 Å². The summed E-state index contributed by atoms with van der Waals surface area (Å²) in [6.45, 7) is 4.54. The third-order valence-electron chi connectivity index (χ3n) is 4.49. The number of nitrogens with one attached hydrogen (secondary N) is 1. The third kappa shape index (κ3) is 3.97. The predicted molar refractivity (Wildman–Crippen MR) is 83.8 cm³/mol. The van der Waals surface area contributed by atoms with Gasteiger partial charge in [-0.25, -0.2) is 0 Å². The van der Waals surface area contributed by atoms with Crippen molar-refractivity contribution in [1.82, 2.24) is 5.32 Å². The van der Waals surface area contributed by atoms with Crippen LogP contribution in [0.4, 0.5) is 5.69 Å². The highest BCUT2D eigenvalue weighted by molar-refractivity contribution is 5.45. The molecule has 0 heterocycles. The van der Waals surface area contributed by atoms with E-state index < -0.39 is 0 Å². The number of benzene rings is 1. The summed E-state index contributed by atoms with van der Waals surface area (Å²) in [7, 11) is 2.13. The minimum Gasteiger partial charge on any atom is -0.371 e. The van der Waals surface area contributed by atoms with Crippen molar-refractivity contribution in [3.63, 3.8) is 0 Å². The minimum atomic E-state index is 0.695. The number of hydrogen-bond acceptors (Lipinski definition) is 2. The molecule has 1 aliphatic carbocycles. The van der Waals surface area contributed by atoms with E-state index in [4.69, 9.17) is 0 Å². The number of nitrogens with zero attached hydrogens (tertiary/aromatic N) is 1. The average Bonchev–Trinajstić information content (AvgIpc) is 2.70. The Morgan fingerprint density at radius 1 is 1.11 bits per heavy atom. The van der Waals surface area contributed by atoms with Crippen LogP contribution in [0.5, 0.6) is 0 Å². The van der Waals surface area contributed by atoms with Gasteiger partial charge in [-0.15, -0.1) is 0 Å². The molecule has 0 spiro atoms. The van der Waals surface area contributed by atoms with Crippen LogP contribution in [-0.4, -0.2) is 26.2 Å². The van der Waals surface area contributed by atoms with E-state index in [1.54, 1.807) is 0 Å². The fourth-order valence-electron chi connectivity index (χ4n) is 3.32. The SMILES string of the molecule is CCN(CC1CCCCCC1NC)c1ccccc1. The van der Waals surface area contributed by atoms with Crippen molar-refractivity contribution in [2.24, 2.45) is 5.92 Å². The highest BCUT2D eigenvalue weighted by Crippen LogP contribution is 2.26. The van der Waals surface area contributed by atoms with Crippen molar-refractivity contribution in [3.05, 3.63) is 30.3 Å². The van der Waals surface area contributed by atoms with Crippen LogP contribution >= 0.6 is 0 Å². The molecule has 106 valence electrons. The Morgan fingerprint density at radius 3 is 2.53 bits per heavy atom. The number of para-hydroxylation sites is 1. The average molecular weight is 260 g/mol. The number of anilines is 1. The maximum absolute atomic E-state index is 3.55. The Hall–Kier alpha value is -1.02. The van der Waals surface area contributed by atoms with Crippen LogP contribution in [0.2, 0.25) is 0 Å². The Bertz CT molecular complexity index is 350. The minimum absolute atomic E-state index is 0.695. The van der Waals surface area contributed by atoms with Gasteiger partial charge < -0.3 is 10.2 Å². The largest absolute Gasteiger partial charge is 0.371 e. The summed E-state index contributed by atoms with van der Waals surface area (Å²) in [5.74, 6) is 0.785. The molecular formula is C17H28N2. The van der Waals surface area contributed by atoms with Gasteiger partial charge in [0.25, 0.3) is 0 Å². The smallest absolute Gasteiger partial charge is 0.0366 e. The molecule has 1 N–H and O–H groups in total. The molecule has 0 aliphatic heterocycles. The summed E-state index contributed by atoms with van der Waals surface area (Å²) in [4.78, 5) is 2.53. The monoisotopic (exact) mass is 260 g/mol. The summed E-state index contributed by atoms with van der Waals surface area (Å²) >= 11 is 0. The molecule has 0 saturated heterocycles.